The van der Waals surface area contributed by atoms with Crippen molar-refractivity contribution in [1.82, 2.24) is 15.1 Å². The van der Waals surface area contributed by atoms with Gasteiger partial charge < -0.3 is 5.32 Å². The highest BCUT2D eigenvalue weighted by molar-refractivity contribution is 4.87. The van der Waals surface area contributed by atoms with Crippen LogP contribution in [0.4, 0.5) is 0 Å². The Morgan fingerprint density at radius 2 is 1.56 bits per heavy atom. The van der Waals surface area contributed by atoms with Crippen molar-refractivity contribution in [2.45, 2.75) is 38.6 Å². The predicted molar refractivity (Wildman–Crippen MR) is 68.8 cm³/mol. The first-order valence-corrected chi connectivity index (χ1v) is 6.87. The molecule has 0 spiro atoms. The highest BCUT2D eigenvalue weighted by Crippen LogP contribution is 2.21. The third kappa shape index (κ3) is 3.19. The molecule has 0 aromatic rings. The summed E-state index contributed by atoms with van der Waals surface area (Å²) in [7, 11) is 0. The molecular formula is C13H27N3. The van der Waals surface area contributed by atoms with Gasteiger partial charge in [0, 0.05) is 38.3 Å². The van der Waals surface area contributed by atoms with Crippen molar-refractivity contribution in [2.75, 3.05) is 45.8 Å². The molecule has 0 aromatic carbocycles. The molecule has 94 valence electrons. The minimum Gasteiger partial charge on any atom is -0.314 e. The lowest BCUT2D eigenvalue weighted by Crippen LogP contribution is -2.56. The van der Waals surface area contributed by atoms with E-state index in [0.717, 1.165) is 13.1 Å². The van der Waals surface area contributed by atoms with E-state index in [-0.39, 0.29) is 0 Å². The molecule has 2 heterocycles. The van der Waals surface area contributed by atoms with Gasteiger partial charge in [0.2, 0.25) is 0 Å². The van der Waals surface area contributed by atoms with E-state index in [1.807, 2.05) is 0 Å². The van der Waals surface area contributed by atoms with E-state index in [1.165, 1.54) is 52.0 Å². The Labute approximate surface area is 100 Å². The van der Waals surface area contributed by atoms with Crippen molar-refractivity contribution in [2.24, 2.45) is 0 Å². The van der Waals surface area contributed by atoms with Crippen molar-refractivity contribution in [3.8, 4) is 0 Å². The van der Waals surface area contributed by atoms with Gasteiger partial charge in [0.05, 0.1) is 0 Å². The number of hydrogen-bond donors (Lipinski definition) is 1. The first-order chi connectivity index (χ1) is 7.68. The molecule has 1 N–H and O–H groups in total. The zero-order chi connectivity index (χ0) is 11.4. The third-order valence-electron chi connectivity index (χ3n) is 4.03. The molecule has 3 nitrogen and oxygen atoms in total. The second-order valence-corrected chi connectivity index (χ2v) is 5.89. The lowest BCUT2D eigenvalue weighted by Gasteiger charge is -2.44. The maximum atomic E-state index is 3.42. The van der Waals surface area contributed by atoms with Crippen LogP contribution in [0.15, 0.2) is 0 Å². The molecule has 2 aliphatic rings. The molecule has 0 saturated carbocycles. The molecule has 16 heavy (non-hydrogen) atoms. The lowest BCUT2D eigenvalue weighted by atomic mass is 9.97. The number of piperidine rings is 1. The summed E-state index contributed by atoms with van der Waals surface area (Å²) in [5.74, 6) is 0. The van der Waals surface area contributed by atoms with Crippen LogP contribution in [0.2, 0.25) is 0 Å². The molecule has 0 aromatic heterocycles. The average Bonchev–Trinajstić information content (AvgIpc) is 2.31. The van der Waals surface area contributed by atoms with E-state index >= 15 is 0 Å². The van der Waals surface area contributed by atoms with Crippen LogP contribution in [0.25, 0.3) is 0 Å². The van der Waals surface area contributed by atoms with Gasteiger partial charge in [-0.1, -0.05) is 6.42 Å². The SMILES string of the molecule is CC(C)(CN1CCNCC1)N1CCCCC1. The minimum absolute atomic E-state index is 0.359. The monoisotopic (exact) mass is 225 g/mol. The van der Waals surface area contributed by atoms with Crippen LogP contribution in [0.3, 0.4) is 0 Å². The van der Waals surface area contributed by atoms with Gasteiger partial charge in [0.15, 0.2) is 0 Å². The Balaban J connectivity index is 1.84. The maximum Gasteiger partial charge on any atom is 0.0280 e. The molecule has 3 heteroatoms. The second kappa shape index (κ2) is 5.48. The number of rotatable bonds is 3. The third-order valence-corrected chi connectivity index (χ3v) is 4.03. The molecule has 0 unspecified atom stereocenters. The standard InChI is InChI=1S/C13H27N3/c1-13(2,16-8-4-3-5-9-16)12-15-10-6-14-7-11-15/h14H,3-12H2,1-2H3. The fourth-order valence-corrected chi connectivity index (χ4v) is 3.02. The van der Waals surface area contributed by atoms with E-state index in [0.29, 0.717) is 5.54 Å². The van der Waals surface area contributed by atoms with E-state index in [2.05, 4.69) is 29.0 Å². The molecule has 2 rings (SSSR count). The van der Waals surface area contributed by atoms with Crippen molar-refractivity contribution in [3.05, 3.63) is 0 Å². The summed E-state index contributed by atoms with van der Waals surface area (Å²) in [5.41, 5.74) is 0.359. The molecule has 0 bridgehead atoms. The summed E-state index contributed by atoms with van der Waals surface area (Å²) in [4.78, 5) is 5.31. The normalized spacial score (nSPS) is 25.9. The number of piperazine rings is 1. The zero-order valence-corrected chi connectivity index (χ0v) is 11.0. The van der Waals surface area contributed by atoms with Crippen LogP contribution in [-0.4, -0.2) is 61.2 Å². The van der Waals surface area contributed by atoms with Gasteiger partial charge in [-0.25, -0.2) is 0 Å². The van der Waals surface area contributed by atoms with Crippen molar-refractivity contribution in [1.29, 1.82) is 0 Å². The van der Waals surface area contributed by atoms with Crippen LogP contribution in [0, 0.1) is 0 Å². The van der Waals surface area contributed by atoms with Gasteiger partial charge in [-0.05, 0) is 39.8 Å². The number of nitrogens with zero attached hydrogens (tertiary/aromatic N) is 2. The summed E-state index contributed by atoms with van der Waals surface area (Å²) in [5, 5.41) is 3.42. The van der Waals surface area contributed by atoms with Gasteiger partial charge in [0.25, 0.3) is 0 Å². The maximum absolute atomic E-state index is 3.42. The molecule has 0 radical (unpaired) electrons. The predicted octanol–water partition coefficient (Wildman–Crippen LogP) is 1.16. The lowest BCUT2D eigenvalue weighted by molar-refractivity contribution is 0.0536. The topological polar surface area (TPSA) is 18.5 Å². The summed E-state index contributed by atoms with van der Waals surface area (Å²) in [6.07, 6.45) is 4.22. The summed E-state index contributed by atoms with van der Waals surface area (Å²) < 4.78 is 0. The highest BCUT2D eigenvalue weighted by Gasteiger charge is 2.30. The minimum atomic E-state index is 0.359. The summed E-state index contributed by atoms with van der Waals surface area (Å²) >= 11 is 0. The summed E-state index contributed by atoms with van der Waals surface area (Å²) in [6.45, 7) is 13.4. The number of likely N-dealkylation sites (tertiary alicyclic amines) is 1. The first-order valence-electron chi connectivity index (χ1n) is 6.87. The Bertz CT molecular complexity index is 203. The molecule has 2 aliphatic heterocycles. The fraction of sp³-hybridized carbons (Fsp3) is 1.00. The molecule has 2 saturated heterocycles. The number of hydrogen-bond acceptors (Lipinski definition) is 3. The van der Waals surface area contributed by atoms with Gasteiger partial charge >= 0.3 is 0 Å². The van der Waals surface area contributed by atoms with Gasteiger partial charge in [-0.2, -0.15) is 0 Å². The molecule has 0 amide bonds. The van der Waals surface area contributed by atoms with Gasteiger partial charge in [-0.3, -0.25) is 9.80 Å². The van der Waals surface area contributed by atoms with E-state index in [1.54, 1.807) is 0 Å². The molecular weight excluding hydrogens is 198 g/mol. The second-order valence-electron chi connectivity index (χ2n) is 5.89. The molecule has 2 fully saturated rings. The number of nitrogens with one attached hydrogen (secondary N) is 1. The van der Waals surface area contributed by atoms with Crippen LogP contribution >= 0.6 is 0 Å². The van der Waals surface area contributed by atoms with Crippen LogP contribution in [0.1, 0.15) is 33.1 Å². The van der Waals surface area contributed by atoms with Gasteiger partial charge in [-0.15, -0.1) is 0 Å². The van der Waals surface area contributed by atoms with Crippen molar-refractivity contribution in [3.63, 3.8) is 0 Å². The van der Waals surface area contributed by atoms with Crippen LogP contribution in [0.5, 0.6) is 0 Å². The van der Waals surface area contributed by atoms with Crippen molar-refractivity contribution < 1.29 is 0 Å². The highest BCUT2D eigenvalue weighted by atomic mass is 15.3. The smallest absolute Gasteiger partial charge is 0.0280 e. The quantitative estimate of drug-likeness (QED) is 0.777. The van der Waals surface area contributed by atoms with E-state index < -0.39 is 0 Å². The fourth-order valence-electron chi connectivity index (χ4n) is 3.02. The van der Waals surface area contributed by atoms with Crippen molar-refractivity contribution >= 4 is 0 Å². The average molecular weight is 225 g/mol. The Kier molecular flexibility index (Phi) is 4.22. The van der Waals surface area contributed by atoms with Gasteiger partial charge in [0.1, 0.15) is 0 Å². The van der Waals surface area contributed by atoms with E-state index in [4.69, 9.17) is 0 Å². The summed E-state index contributed by atoms with van der Waals surface area (Å²) in [6, 6.07) is 0. The van der Waals surface area contributed by atoms with Crippen LogP contribution < -0.4 is 5.32 Å². The Morgan fingerprint density at radius 3 is 2.19 bits per heavy atom. The van der Waals surface area contributed by atoms with E-state index in [9.17, 15) is 0 Å². The largest absolute Gasteiger partial charge is 0.314 e. The Morgan fingerprint density at radius 1 is 0.938 bits per heavy atom. The molecule has 0 atom stereocenters. The molecule has 0 aliphatic carbocycles. The Hall–Kier alpha value is -0.120. The van der Waals surface area contributed by atoms with Crippen LogP contribution in [-0.2, 0) is 0 Å². The first kappa shape index (κ1) is 12.3. The zero-order valence-electron chi connectivity index (χ0n) is 11.0.